The second kappa shape index (κ2) is 21.4. The van der Waals surface area contributed by atoms with Gasteiger partial charge in [-0.2, -0.15) is 36.5 Å². The van der Waals surface area contributed by atoms with E-state index in [1.807, 2.05) is 0 Å². The molecule has 66 heavy (non-hydrogen) atoms. The van der Waals surface area contributed by atoms with Gasteiger partial charge in [-0.15, -0.1) is 23.2 Å². The van der Waals surface area contributed by atoms with Gasteiger partial charge in [0.15, 0.2) is 0 Å². The van der Waals surface area contributed by atoms with E-state index in [2.05, 4.69) is 15.5 Å². The van der Waals surface area contributed by atoms with Gasteiger partial charge >= 0.3 is 12.4 Å². The minimum atomic E-state index is -4.92. The molecular formula is C43H30Cl2F8N8O5. The fourth-order valence-corrected chi connectivity index (χ4v) is 6.06. The molecule has 342 valence electrons. The predicted molar refractivity (Wildman–Crippen MR) is 232 cm³/mol. The minimum Gasteiger partial charge on any atom is -0.393 e. The average molecular weight is 962 g/mol. The largest absolute Gasteiger partial charge is 0.454 e. The molecule has 8 aromatic rings. The van der Waals surface area contributed by atoms with Crippen molar-refractivity contribution in [3.05, 3.63) is 189 Å². The number of nitro groups is 2. The average Bonchev–Trinajstić information content (AvgIpc) is 3.90. The van der Waals surface area contributed by atoms with Crippen LogP contribution in [0.1, 0.15) is 22.0 Å². The van der Waals surface area contributed by atoms with E-state index in [9.17, 15) is 60.1 Å². The Bertz CT molecular complexity index is 2970. The summed E-state index contributed by atoms with van der Waals surface area (Å²) in [4.78, 5) is 31.3. The number of nitrogen functional groups attached to an aromatic ring is 1. The SMILES string of the molecule is ClCCl.Nc1ccccc1[N+](=O)[O-].O=C(c1ccc2c(cnn2-c2ccc(F)cc2)c1)C(F)(F)F.O=[N+]([O-])c1ccccc1NC(c1ccc2c(cnn2-c2ccc(F)cc2)c1)C(F)(F)F. The van der Waals surface area contributed by atoms with Crippen molar-refractivity contribution in [3.8, 4) is 11.4 Å². The molecule has 2 heterocycles. The van der Waals surface area contributed by atoms with E-state index in [-0.39, 0.29) is 28.0 Å². The Kier molecular flexibility index (Phi) is 16.0. The van der Waals surface area contributed by atoms with Gasteiger partial charge in [-0.05, 0) is 96.6 Å². The van der Waals surface area contributed by atoms with Gasteiger partial charge in [0.2, 0.25) is 0 Å². The van der Waals surface area contributed by atoms with Gasteiger partial charge in [-0.25, -0.2) is 18.1 Å². The zero-order valence-corrected chi connectivity index (χ0v) is 34.7. The number of nitrogens with zero attached hydrogens (tertiary/aromatic N) is 6. The summed E-state index contributed by atoms with van der Waals surface area (Å²) in [7, 11) is 0. The third kappa shape index (κ3) is 12.3. The van der Waals surface area contributed by atoms with E-state index < -0.39 is 56.9 Å². The number of fused-ring (bicyclic) bond motifs is 2. The number of Topliss-reactive ketones (excluding diaryl/α,β-unsaturated/α-hetero) is 1. The lowest BCUT2D eigenvalue weighted by atomic mass is 10.0. The van der Waals surface area contributed by atoms with Crippen LogP contribution in [0.5, 0.6) is 0 Å². The Morgan fingerprint density at radius 2 is 1.12 bits per heavy atom. The number of hydrogen-bond donors (Lipinski definition) is 2. The van der Waals surface area contributed by atoms with Gasteiger partial charge in [0.25, 0.3) is 17.2 Å². The molecule has 13 nitrogen and oxygen atoms in total. The lowest BCUT2D eigenvalue weighted by molar-refractivity contribution is -0.384. The van der Waals surface area contributed by atoms with Crippen LogP contribution in [0.3, 0.4) is 0 Å². The first-order chi connectivity index (χ1) is 31.2. The maximum atomic E-state index is 13.8. The van der Waals surface area contributed by atoms with E-state index >= 15 is 0 Å². The van der Waals surface area contributed by atoms with Crippen LogP contribution in [0.4, 0.5) is 57.9 Å². The van der Waals surface area contributed by atoms with Crippen LogP contribution < -0.4 is 11.1 Å². The third-order valence-electron chi connectivity index (χ3n) is 9.02. The Morgan fingerprint density at radius 3 is 1.58 bits per heavy atom. The summed E-state index contributed by atoms with van der Waals surface area (Å²) in [6.45, 7) is 0. The Hall–Kier alpha value is -7.65. The van der Waals surface area contributed by atoms with Gasteiger partial charge < -0.3 is 11.1 Å². The number of nitro benzene ring substituents is 2. The number of hydrogen-bond acceptors (Lipinski definition) is 9. The lowest BCUT2D eigenvalue weighted by Crippen LogP contribution is -2.28. The number of benzene rings is 6. The number of carbonyl (C=O) groups excluding carboxylic acids is 1. The van der Waals surface area contributed by atoms with Crippen LogP contribution in [0.15, 0.2) is 146 Å². The zero-order chi connectivity index (χ0) is 48.3. The Labute approximate surface area is 376 Å². The number of halogens is 10. The standard InChI is InChI=1S/C21H14F4N4O2.C15H8F4N2O.C6H6N2O2.CH2Cl2/c22-15-6-8-16(9-7-15)28-18-10-5-13(11-14(18)12-26-28)20(21(23,24)25)27-17-3-1-2-4-19(17)29(30)31;16-11-2-4-12(5-3-11)21-13-6-1-9(7-10(13)8-20-21)14(22)15(17,18)19;7-5-3-1-2-4-6(5)8(9)10;2-1-3/h1-12,20,27H;1-8H;1-4H,7H2;1H2. The van der Waals surface area contributed by atoms with Gasteiger partial charge in [-0.3, -0.25) is 25.0 Å². The number of anilines is 2. The van der Waals surface area contributed by atoms with Crippen LogP contribution in [0.25, 0.3) is 33.2 Å². The first-order valence-electron chi connectivity index (χ1n) is 18.5. The molecule has 0 radical (unpaired) electrons. The summed E-state index contributed by atoms with van der Waals surface area (Å²) in [5.74, 6) is -2.72. The molecule has 0 saturated heterocycles. The van der Waals surface area contributed by atoms with Crippen molar-refractivity contribution in [1.29, 1.82) is 0 Å². The molecule has 2 aromatic heterocycles. The second-order valence-corrected chi connectivity index (χ2v) is 14.1. The highest BCUT2D eigenvalue weighted by molar-refractivity contribution is 6.40. The molecule has 1 unspecified atom stereocenters. The number of nitrogens with two attached hydrogens (primary N) is 1. The first kappa shape index (κ1) is 49.4. The maximum Gasteiger partial charge on any atom is 0.454 e. The van der Waals surface area contributed by atoms with Crippen LogP contribution in [0.2, 0.25) is 0 Å². The van der Waals surface area contributed by atoms with Crippen LogP contribution in [-0.2, 0) is 0 Å². The fourth-order valence-electron chi connectivity index (χ4n) is 6.06. The molecule has 6 aromatic carbocycles. The summed E-state index contributed by atoms with van der Waals surface area (Å²) in [6, 6.07) is 27.8. The summed E-state index contributed by atoms with van der Waals surface area (Å²) in [5, 5.41) is 32.8. The topological polar surface area (TPSA) is 177 Å². The van der Waals surface area contributed by atoms with Gasteiger partial charge in [0, 0.05) is 28.5 Å². The van der Waals surface area contributed by atoms with E-state index in [4.69, 9.17) is 28.9 Å². The summed E-state index contributed by atoms with van der Waals surface area (Å²) >= 11 is 9.53. The number of aromatic nitrogens is 4. The van der Waals surface area contributed by atoms with E-state index in [1.165, 1.54) is 125 Å². The molecule has 0 fully saturated rings. The fraction of sp³-hybridized carbons (Fsp3) is 0.0930. The Morgan fingerprint density at radius 1 is 0.667 bits per heavy atom. The van der Waals surface area contributed by atoms with Crippen molar-refractivity contribution >= 4 is 73.5 Å². The molecule has 0 aliphatic carbocycles. The third-order valence-corrected chi connectivity index (χ3v) is 9.02. The number of nitrogens with one attached hydrogen (secondary N) is 1. The number of carbonyl (C=O) groups is 1. The molecule has 0 spiro atoms. The first-order valence-corrected chi connectivity index (χ1v) is 19.6. The smallest absolute Gasteiger partial charge is 0.393 e. The molecule has 8 rings (SSSR count). The number of ketones is 1. The lowest BCUT2D eigenvalue weighted by Gasteiger charge is -2.23. The molecule has 23 heteroatoms. The van der Waals surface area contributed by atoms with E-state index in [0.29, 0.717) is 33.2 Å². The molecule has 0 amide bonds. The number of alkyl halides is 8. The van der Waals surface area contributed by atoms with Gasteiger partial charge in [0.05, 0.1) is 50.0 Å². The quantitative estimate of drug-likeness (QED) is 0.0375. The monoisotopic (exact) mass is 960 g/mol. The molecule has 0 saturated carbocycles. The summed E-state index contributed by atoms with van der Waals surface area (Å²) < 4.78 is 108. The molecule has 0 aliphatic heterocycles. The molecule has 3 N–H and O–H groups in total. The van der Waals surface area contributed by atoms with Crippen molar-refractivity contribution in [1.82, 2.24) is 19.6 Å². The Balaban J connectivity index is 0.000000202. The number of rotatable bonds is 8. The molecule has 0 aliphatic rings. The molecule has 1 atom stereocenters. The van der Waals surface area contributed by atoms with Gasteiger partial charge in [-0.1, -0.05) is 30.3 Å². The molecule has 0 bridgehead atoms. The highest BCUT2D eigenvalue weighted by Crippen LogP contribution is 2.39. The van der Waals surface area contributed by atoms with Crippen LogP contribution in [0, 0.1) is 31.9 Å². The van der Waals surface area contributed by atoms with Crippen molar-refractivity contribution < 1.29 is 49.8 Å². The van der Waals surface area contributed by atoms with Crippen LogP contribution in [-0.4, -0.2) is 52.9 Å². The summed E-state index contributed by atoms with van der Waals surface area (Å²) in [5.41, 5.74) is 6.33. The van der Waals surface area contributed by atoms with E-state index in [1.54, 1.807) is 12.1 Å². The zero-order valence-electron chi connectivity index (χ0n) is 33.2. The van der Waals surface area contributed by atoms with Crippen LogP contribution >= 0.6 is 23.2 Å². The van der Waals surface area contributed by atoms with E-state index in [0.717, 1.165) is 18.2 Å². The minimum absolute atomic E-state index is 0.0394. The molecular weight excluding hydrogens is 931 g/mol. The second-order valence-electron chi connectivity index (χ2n) is 13.3. The van der Waals surface area contributed by atoms with Crippen molar-refractivity contribution in [2.24, 2.45) is 0 Å². The normalized spacial score (nSPS) is 11.5. The predicted octanol–water partition coefficient (Wildman–Crippen LogP) is 12.3. The van der Waals surface area contributed by atoms with Gasteiger partial charge in [0.1, 0.15) is 29.1 Å². The maximum absolute atomic E-state index is 13.8. The highest BCUT2D eigenvalue weighted by Gasteiger charge is 2.42. The van der Waals surface area contributed by atoms with Crippen molar-refractivity contribution in [3.63, 3.8) is 0 Å². The van der Waals surface area contributed by atoms with Crippen molar-refractivity contribution in [2.45, 2.75) is 18.4 Å². The highest BCUT2D eigenvalue weighted by atomic mass is 35.5. The van der Waals surface area contributed by atoms with Crippen molar-refractivity contribution in [2.75, 3.05) is 16.4 Å². The summed E-state index contributed by atoms with van der Waals surface area (Å²) in [6.07, 6.45) is -6.88. The number of para-hydroxylation sites is 4.